The Bertz CT molecular complexity index is 552. The van der Waals surface area contributed by atoms with E-state index in [4.69, 9.17) is 0 Å². The van der Waals surface area contributed by atoms with E-state index in [0.717, 1.165) is 4.47 Å². The number of carbonyl (C=O) groups excluding carboxylic acids is 2. The van der Waals surface area contributed by atoms with Gasteiger partial charge in [0.1, 0.15) is 11.8 Å². The number of benzene rings is 1. The predicted molar refractivity (Wildman–Crippen MR) is 80.6 cm³/mol. The Morgan fingerprint density at radius 2 is 1.95 bits per heavy atom. The van der Waals surface area contributed by atoms with E-state index in [0.29, 0.717) is 17.9 Å². The number of hydrogen-bond donors (Lipinski definition) is 2. The average Bonchev–Trinajstić information content (AvgIpc) is 2.38. The molecule has 2 amide bonds. The summed E-state index contributed by atoms with van der Waals surface area (Å²) in [5, 5.41) is 5.80. The van der Waals surface area contributed by atoms with E-state index in [-0.39, 0.29) is 11.9 Å². The van der Waals surface area contributed by atoms with Gasteiger partial charge in [-0.1, -0.05) is 41.9 Å². The summed E-state index contributed by atoms with van der Waals surface area (Å²) in [4.78, 5) is 28.1. The molecule has 106 valence electrons. The molecule has 0 saturated carbocycles. The van der Waals surface area contributed by atoms with Crippen molar-refractivity contribution in [3.05, 3.63) is 34.3 Å². The molecule has 1 aromatic carbocycles. The van der Waals surface area contributed by atoms with E-state index in [9.17, 15) is 9.59 Å². The molecule has 1 aliphatic heterocycles. The lowest BCUT2D eigenvalue weighted by atomic mass is 9.96. The quantitative estimate of drug-likeness (QED) is 0.819. The van der Waals surface area contributed by atoms with Gasteiger partial charge in [0.05, 0.1) is 6.54 Å². The Morgan fingerprint density at radius 3 is 2.50 bits per heavy atom. The van der Waals surface area contributed by atoms with Crippen LogP contribution in [0.4, 0.5) is 0 Å². The van der Waals surface area contributed by atoms with E-state index in [1.165, 1.54) is 0 Å². The van der Waals surface area contributed by atoms with Crippen molar-refractivity contribution in [3.8, 4) is 0 Å². The van der Waals surface area contributed by atoms with Crippen molar-refractivity contribution in [3.63, 3.8) is 0 Å². The zero-order chi connectivity index (χ0) is 14.7. The number of aliphatic imine (C=N–C) groups is 1. The fourth-order valence-electron chi connectivity index (χ4n) is 1.89. The van der Waals surface area contributed by atoms with Crippen molar-refractivity contribution in [1.29, 1.82) is 0 Å². The van der Waals surface area contributed by atoms with Crippen molar-refractivity contribution in [2.75, 3.05) is 6.54 Å². The van der Waals surface area contributed by atoms with Crippen LogP contribution in [0.5, 0.6) is 0 Å². The van der Waals surface area contributed by atoms with Gasteiger partial charge in [-0.2, -0.15) is 4.99 Å². The van der Waals surface area contributed by atoms with Gasteiger partial charge in [0, 0.05) is 10.5 Å². The Balaban J connectivity index is 2.16. The molecule has 0 aromatic heterocycles. The summed E-state index contributed by atoms with van der Waals surface area (Å²) in [6.45, 7) is 4.34. The molecule has 5 nitrogen and oxygen atoms in total. The van der Waals surface area contributed by atoms with Crippen molar-refractivity contribution >= 4 is 33.6 Å². The molecule has 1 aliphatic rings. The second-order valence-corrected chi connectivity index (χ2v) is 5.82. The normalized spacial score (nSPS) is 19.0. The number of amides is 2. The summed E-state index contributed by atoms with van der Waals surface area (Å²) in [6.07, 6.45) is 0. The van der Waals surface area contributed by atoms with Crippen LogP contribution in [0.1, 0.15) is 25.3 Å². The van der Waals surface area contributed by atoms with Crippen LogP contribution < -0.4 is 10.6 Å². The molecule has 2 rings (SSSR count). The van der Waals surface area contributed by atoms with Gasteiger partial charge in [-0.3, -0.25) is 9.59 Å². The maximum Gasteiger partial charge on any atom is 0.264 e. The fourth-order valence-corrected chi connectivity index (χ4v) is 2.15. The van der Waals surface area contributed by atoms with Gasteiger partial charge in [-0.05, 0) is 17.7 Å². The number of halogens is 1. The summed E-state index contributed by atoms with van der Waals surface area (Å²) in [7, 11) is 0. The number of amidine groups is 1. The van der Waals surface area contributed by atoms with Crippen LogP contribution in [0.3, 0.4) is 0 Å². The minimum Gasteiger partial charge on any atom is -0.312 e. The zero-order valence-corrected chi connectivity index (χ0v) is 12.9. The highest BCUT2D eigenvalue weighted by Gasteiger charge is 2.33. The van der Waals surface area contributed by atoms with Crippen molar-refractivity contribution < 1.29 is 9.59 Å². The second-order valence-electron chi connectivity index (χ2n) is 4.91. The Kier molecular flexibility index (Phi) is 4.67. The molecule has 0 spiro atoms. The van der Waals surface area contributed by atoms with Crippen LogP contribution in [0, 0.1) is 0 Å². The third kappa shape index (κ3) is 3.52. The number of nitrogens with one attached hydrogen (secondary N) is 2. The minimum absolute atomic E-state index is 0.258. The number of carbonyl (C=O) groups is 2. The summed E-state index contributed by atoms with van der Waals surface area (Å²) in [6, 6.07) is 7.36. The monoisotopic (exact) mass is 337 g/mol. The van der Waals surface area contributed by atoms with E-state index < -0.39 is 11.8 Å². The third-order valence-corrected chi connectivity index (χ3v) is 3.43. The standard InChI is InChI=1S/C14H16BrN3O2/c1-8(2)16-7-11-17-13(19)12(14(20)18-11)9-3-5-10(15)6-4-9/h3-6,8,12,16H,7H2,1-2H3,(H,17,18,19,20). The van der Waals surface area contributed by atoms with Gasteiger partial charge in [-0.25, -0.2) is 0 Å². The third-order valence-electron chi connectivity index (χ3n) is 2.90. The highest BCUT2D eigenvalue weighted by atomic mass is 79.9. The smallest absolute Gasteiger partial charge is 0.264 e. The molecule has 0 saturated heterocycles. The van der Waals surface area contributed by atoms with Crippen LogP contribution in [0.25, 0.3) is 0 Å². The van der Waals surface area contributed by atoms with Crippen molar-refractivity contribution in [2.24, 2.45) is 4.99 Å². The van der Waals surface area contributed by atoms with Crippen LogP contribution in [-0.4, -0.2) is 30.2 Å². The SMILES string of the molecule is CC(C)NCC1=NC(=O)C(c2ccc(Br)cc2)C(=O)N1. The largest absolute Gasteiger partial charge is 0.312 e. The van der Waals surface area contributed by atoms with Gasteiger partial charge < -0.3 is 10.6 Å². The predicted octanol–water partition coefficient (Wildman–Crippen LogP) is 1.59. The van der Waals surface area contributed by atoms with Gasteiger partial charge in [0.15, 0.2) is 0 Å². The molecule has 0 fully saturated rings. The first-order valence-electron chi connectivity index (χ1n) is 6.38. The molecule has 0 bridgehead atoms. The molecule has 2 N–H and O–H groups in total. The molecule has 1 atom stereocenters. The lowest BCUT2D eigenvalue weighted by molar-refractivity contribution is -0.129. The van der Waals surface area contributed by atoms with Gasteiger partial charge in [0.25, 0.3) is 5.91 Å². The second kappa shape index (κ2) is 6.28. The minimum atomic E-state index is -0.856. The summed E-state index contributed by atoms with van der Waals surface area (Å²) >= 11 is 3.32. The average molecular weight is 338 g/mol. The lowest BCUT2D eigenvalue weighted by Crippen LogP contribution is -2.47. The first-order valence-corrected chi connectivity index (χ1v) is 7.18. The molecule has 1 heterocycles. The van der Waals surface area contributed by atoms with Crippen LogP contribution in [0.2, 0.25) is 0 Å². The molecular weight excluding hydrogens is 322 g/mol. The number of nitrogens with zero attached hydrogens (tertiary/aromatic N) is 1. The van der Waals surface area contributed by atoms with Gasteiger partial charge >= 0.3 is 0 Å². The summed E-state index contributed by atoms with van der Waals surface area (Å²) in [5.74, 6) is -1.22. The maximum absolute atomic E-state index is 12.1. The Labute approximate surface area is 126 Å². The summed E-state index contributed by atoms with van der Waals surface area (Å²) < 4.78 is 0.898. The van der Waals surface area contributed by atoms with E-state index in [1.54, 1.807) is 24.3 Å². The van der Waals surface area contributed by atoms with Crippen molar-refractivity contribution in [2.45, 2.75) is 25.8 Å². The maximum atomic E-state index is 12.1. The Hall–Kier alpha value is -1.53. The van der Waals surface area contributed by atoms with Gasteiger partial charge in [-0.15, -0.1) is 0 Å². The van der Waals surface area contributed by atoms with Crippen molar-refractivity contribution in [1.82, 2.24) is 10.6 Å². The highest BCUT2D eigenvalue weighted by molar-refractivity contribution is 9.10. The highest BCUT2D eigenvalue weighted by Crippen LogP contribution is 2.22. The topological polar surface area (TPSA) is 70.6 Å². The zero-order valence-electron chi connectivity index (χ0n) is 11.3. The fraction of sp³-hybridized carbons (Fsp3) is 0.357. The molecule has 0 radical (unpaired) electrons. The number of hydrogen-bond acceptors (Lipinski definition) is 3. The molecule has 1 aromatic rings. The van der Waals surface area contributed by atoms with E-state index in [2.05, 4.69) is 31.6 Å². The van der Waals surface area contributed by atoms with E-state index >= 15 is 0 Å². The van der Waals surface area contributed by atoms with Crippen LogP contribution >= 0.6 is 15.9 Å². The van der Waals surface area contributed by atoms with E-state index in [1.807, 2.05) is 13.8 Å². The van der Waals surface area contributed by atoms with Crippen LogP contribution in [0.15, 0.2) is 33.7 Å². The molecule has 20 heavy (non-hydrogen) atoms. The number of rotatable bonds is 4. The molecular formula is C14H16BrN3O2. The molecule has 1 unspecified atom stereocenters. The van der Waals surface area contributed by atoms with Gasteiger partial charge in [0.2, 0.25) is 5.91 Å². The van der Waals surface area contributed by atoms with Crippen LogP contribution in [-0.2, 0) is 9.59 Å². The lowest BCUT2D eigenvalue weighted by Gasteiger charge is -2.21. The molecule has 0 aliphatic carbocycles. The first-order chi connectivity index (χ1) is 9.47. The molecule has 6 heteroatoms. The summed E-state index contributed by atoms with van der Waals surface area (Å²) in [5.41, 5.74) is 0.648. The Morgan fingerprint density at radius 1 is 1.30 bits per heavy atom. The first kappa shape index (κ1) is 14.9.